The number of nitrogens with one attached hydrogen (secondary N) is 1. The van der Waals surface area contributed by atoms with Crippen LogP contribution in [0.2, 0.25) is 5.02 Å². The number of benzene rings is 2. The van der Waals surface area contributed by atoms with E-state index in [2.05, 4.69) is 14.9 Å². The van der Waals surface area contributed by atoms with Crippen molar-refractivity contribution in [1.29, 1.82) is 0 Å². The van der Waals surface area contributed by atoms with E-state index in [1.54, 1.807) is 24.3 Å². The lowest BCUT2D eigenvalue weighted by Gasteiger charge is -2.04. The molecule has 0 fully saturated rings. The molecular formula is C14H9ClN4O4S2. The van der Waals surface area contributed by atoms with Gasteiger partial charge in [0.25, 0.3) is 15.7 Å². The number of anilines is 1. The summed E-state index contributed by atoms with van der Waals surface area (Å²) in [5.41, 5.74) is 0.558. The number of nitrogens with zero attached hydrogens (tertiary/aromatic N) is 3. The molecule has 3 rings (SSSR count). The Morgan fingerprint density at radius 1 is 1.04 bits per heavy atom. The second-order valence-electron chi connectivity index (χ2n) is 4.78. The third-order valence-electron chi connectivity index (χ3n) is 3.10. The van der Waals surface area contributed by atoms with Crippen molar-refractivity contribution in [3.63, 3.8) is 0 Å². The van der Waals surface area contributed by atoms with Gasteiger partial charge in [-0.2, -0.15) is 0 Å². The summed E-state index contributed by atoms with van der Waals surface area (Å²) in [6.07, 6.45) is 0. The van der Waals surface area contributed by atoms with E-state index in [0.29, 0.717) is 10.0 Å². The molecule has 3 aromatic rings. The van der Waals surface area contributed by atoms with Crippen LogP contribution in [0.15, 0.2) is 53.4 Å². The van der Waals surface area contributed by atoms with Crippen molar-refractivity contribution in [2.24, 2.45) is 0 Å². The largest absolute Gasteiger partial charge is 0.269 e. The van der Waals surface area contributed by atoms with E-state index < -0.39 is 14.9 Å². The van der Waals surface area contributed by atoms with Gasteiger partial charge in [-0.05, 0) is 24.3 Å². The summed E-state index contributed by atoms with van der Waals surface area (Å²) in [6.45, 7) is 0. The fraction of sp³-hybridized carbons (Fsp3) is 0. The highest BCUT2D eigenvalue weighted by Crippen LogP contribution is 2.28. The van der Waals surface area contributed by atoms with Crippen LogP contribution in [0.3, 0.4) is 0 Å². The first-order chi connectivity index (χ1) is 11.8. The van der Waals surface area contributed by atoms with Crippen molar-refractivity contribution in [1.82, 2.24) is 10.2 Å². The van der Waals surface area contributed by atoms with Gasteiger partial charge < -0.3 is 0 Å². The first-order valence-corrected chi connectivity index (χ1v) is 9.40. The van der Waals surface area contributed by atoms with Crippen LogP contribution in [0.25, 0.3) is 10.6 Å². The van der Waals surface area contributed by atoms with Gasteiger partial charge in [-0.3, -0.25) is 14.8 Å². The van der Waals surface area contributed by atoms with Crippen LogP contribution in [0, 0.1) is 10.1 Å². The van der Waals surface area contributed by atoms with Gasteiger partial charge in [0.05, 0.1) is 9.82 Å². The average molecular weight is 397 g/mol. The third kappa shape index (κ3) is 3.92. The van der Waals surface area contributed by atoms with Gasteiger partial charge in [0.15, 0.2) is 0 Å². The highest BCUT2D eigenvalue weighted by atomic mass is 35.5. The van der Waals surface area contributed by atoms with Gasteiger partial charge in [-0.25, -0.2) is 8.42 Å². The number of nitro benzene ring substituents is 1. The molecule has 0 aliphatic heterocycles. The summed E-state index contributed by atoms with van der Waals surface area (Å²) in [5.74, 6) is 0. The molecule has 11 heteroatoms. The minimum Gasteiger partial charge on any atom is -0.258 e. The summed E-state index contributed by atoms with van der Waals surface area (Å²) < 4.78 is 26.9. The summed E-state index contributed by atoms with van der Waals surface area (Å²) in [4.78, 5) is 9.91. The monoisotopic (exact) mass is 396 g/mol. The minimum absolute atomic E-state index is 0.0864. The number of aromatic nitrogens is 2. The van der Waals surface area contributed by atoms with Gasteiger partial charge in [-0.15, -0.1) is 10.2 Å². The van der Waals surface area contributed by atoms with Crippen LogP contribution >= 0.6 is 22.9 Å². The van der Waals surface area contributed by atoms with Crippen molar-refractivity contribution in [3.05, 3.63) is 63.7 Å². The van der Waals surface area contributed by atoms with Gasteiger partial charge >= 0.3 is 0 Å². The number of halogens is 1. The lowest BCUT2D eigenvalue weighted by molar-refractivity contribution is -0.384. The molecule has 1 aromatic heterocycles. The van der Waals surface area contributed by atoms with E-state index in [1.165, 1.54) is 0 Å². The first-order valence-electron chi connectivity index (χ1n) is 6.72. The molecule has 25 heavy (non-hydrogen) atoms. The van der Waals surface area contributed by atoms with Gasteiger partial charge in [0.2, 0.25) is 5.13 Å². The molecule has 128 valence electrons. The van der Waals surface area contributed by atoms with Crippen molar-refractivity contribution in [2.75, 3.05) is 4.72 Å². The maximum absolute atomic E-state index is 12.3. The Balaban J connectivity index is 1.81. The zero-order chi connectivity index (χ0) is 18.0. The fourth-order valence-electron chi connectivity index (χ4n) is 1.89. The lowest BCUT2D eigenvalue weighted by atomic mass is 10.2. The maximum atomic E-state index is 12.3. The quantitative estimate of drug-likeness (QED) is 0.520. The molecule has 0 saturated carbocycles. The average Bonchev–Trinajstić information content (AvgIpc) is 3.03. The van der Waals surface area contributed by atoms with Crippen LogP contribution in [-0.2, 0) is 10.0 Å². The summed E-state index contributed by atoms with van der Waals surface area (Å²) in [5, 5.41) is 19.6. The molecule has 0 aliphatic rings. The smallest absolute Gasteiger partial charge is 0.258 e. The number of sulfonamides is 1. The molecule has 8 nitrogen and oxygen atoms in total. The van der Waals surface area contributed by atoms with E-state index >= 15 is 0 Å². The van der Waals surface area contributed by atoms with Crippen LogP contribution in [-0.4, -0.2) is 23.5 Å². The predicted molar refractivity (Wildman–Crippen MR) is 94.3 cm³/mol. The summed E-state index contributed by atoms with van der Waals surface area (Å²) >= 11 is 6.88. The van der Waals surface area contributed by atoms with Crippen molar-refractivity contribution in [2.45, 2.75) is 4.90 Å². The van der Waals surface area contributed by atoms with Gasteiger partial charge in [-0.1, -0.05) is 35.1 Å². The SMILES string of the molecule is O=[N+]([O-])c1ccc(S(=O)(=O)Nc2nnc(-c3ccc(Cl)cc3)s2)cc1. The molecule has 1 heterocycles. The normalized spacial score (nSPS) is 11.2. The molecule has 0 radical (unpaired) electrons. The Morgan fingerprint density at radius 3 is 2.28 bits per heavy atom. The van der Waals surface area contributed by atoms with Gasteiger partial charge in [0, 0.05) is 22.7 Å². The zero-order valence-electron chi connectivity index (χ0n) is 12.3. The number of hydrogen-bond donors (Lipinski definition) is 1. The Labute approximate surface area is 151 Å². The van der Waals surface area contributed by atoms with Crippen LogP contribution in [0.1, 0.15) is 0 Å². The molecule has 0 bridgehead atoms. The van der Waals surface area contributed by atoms with E-state index in [-0.39, 0.29) is 15.7 Å². The van der Waals surface area contributed by atoms with Crippen LogP contribution < -0.4 is 4.72 Å². The number of hydrogen-bond acceptors (Lipinski definition) is 7. The fourth-order valence-corrected chi connectivity index (χ4v) is 4.00. The standard InChI is InChI=1S/C14H9ClN4O4S2/c15-10-3-1-9(2-4-10)13-16-17-14(24-13)18-25(22,23)12-7-5-11(6-8-12)19(20)21/h1-8H,(H,17,18). The van der Waals surface area contributed by atoms with E-state index in [9.17, 15) is 18.5 Å². The maximum Gasteiger partial charge on any atom is 0.269 e. The molecule has 0 atom stereocenters. The van der Waals surface area contributed by atoms with E-state index in [0.717, 1.165) is 41.2 Å². The zero-order valence-corrected chi connectivity index (χ0v) is 14.7. The molecule has 0 aliphatic carbocycles. The Morgan fingerprint density at radius 2 is 1.68 bits per heavy atom. The first kappa shape index (κ1) is 17.3. The second-order valence-corrected chi connectivity index (χ2v) is 7.87. The third-order valence-corrected chi connectivity index (χ3v) is 5.72. The predicted octanol–water partition coefficient (Wildman–Crippen LogP) is 3.57. The minimum atomic E-state index is -3.92. The van der Waals surface area contributed by atoms with E-state index in [1.807, 2.05) is 0 Å². The van der Waals surface area contributed by atoms with Crippen molar-refractivity contribution >= 4 is 43.8 Å². The Kier molecular flexibility index (Phi) is 4.66. The molecule has 0 spiro atoms. The molecule has 0 unspecified atom stereocenters. The van der Waals surface area contributed by atoms with Crippen molar-refractivity contribution < 1.29 is 13.3 Å². The van der Waals surface area contributed by atoms with Gasteiger partial charge in [0.1, 0.15) is 5.01 Å². The van der Waals surface area contributed by atoms with Crippen LogP contribution in [0.5, 0.6) is 0 Å². The van der Waals surface area contributed by atoms with Crippen molar-refractivity contribution in [3.8, 4) is 10.6 Å². The summed E-state index contributed by atoms with van der Waals surface area (Å²) in [6, 6.07) is 11.4. The Bertz CT molecular complexity index is 1020. The number of non-ortho nitro benzene ring substituents is 1. The molecular weight excluding hydrogens is 388 g/mol. The number of nitro groups is 1. The topological polar surface area (TPSA) is 115 Å². The molecule has 2 aromatic carbocycles. The lowest BCUT2D eigenvalue weighted by Crippen LogP contribution is -2.12. The number of rotatable bonds is 5. The highest BCUT2D eigenvalue weighted by molar-refractivity contribution is 7.93. The van der Waals surface area contributed by atoms with Crippen LogP contribution in [0.4, 0.5) is 10.8 Å². The molecule has 1 N–H and O–H groups in total. The highest BCUT2D eigenvalue weighted by Gasteiger charge is 2.18. The second kappa shape index (κ2) is 6.75. The van der Waals surface area contributed by atoms with E-state index in [4.69, 9.17) is 11.6 Å². The molecule has 0 saturated heterocycles. The molecule has 0 amide bonds. The Hall–Kier alpha value is -2.56. The summed E-state index contributed by atoms with van der Waals surface area (Å²) in [7, 11) is -3.92.